The Morgan fingerprint density at radius 1 is 1.41 bits per heavy atom. The maximum atomic E-state index is 13.4. The smallest absolute Gasteiger partial charge is 0.123 e. The molecule has 1 aliphatic rings. The summed E-state index contributed by atoms with van der Waals surface area (Å²) in [4.78, 5) is 2.21. The highest BCUT2D eigenvalue weighted by Gasteiger charge is 2.50. The quantitative estimate of drug-likeness (QED) is 0.844. The van der Waals surface area contributed by atoms with Crippen LogP contribution in [0.4, 0.5) is 4.39 Å². The summed E-state index contributed by atoms with van der Waals surface area (Å²) in [6.45, 7) is 0.992. The van der Waals surface area contributed by atoms with Crippen LogP contribution in [0, 0.1) is 11.2 Å². The van der Waals surface area contributed by atoms with Crippen LogP contribution in [0.3, 0.4) is 0 Å². The van der Waals surface area contributed by atoms with Gasteiger partial charge in [-0.3, -0.25) is 0 Å². The summed E-state index contributed by atoms with van der Waals surface area (Å²) in [5, 5.41) is 3.27. The second kappa shape index (κ2) is 4.75. The number of hydrogen-bond donors (Lipinski definition) is 1. The van der Waals surface area contributed by atoms with Crippen molar-refractivity contribution in [3.63, 3.8) is 0 Å². The first-order valence-corrected chi connectivity index (χ1v) is 6.15. The van der Waals surface area contributed by atoms with E-state index in [0.29, 0.717) is 6.04 Å². The monoisotopic (exact) mass is 236 g/mol. The normalized spacial score (nSPS) is 19.4. The van der Waals surface area contributed by atoms with Gasteiger partial charge in [0.2, 0.25) is 0 Å². The van der Waals surface area contributed by atoms with Crippen molar-refractivity contribution in [2.75, 3.05) is 27.7 Å². The fourth-order valence-electron chi connectivity index (χ4n) is 2.94. The van der Waals surface area contributed by atoms with Crippen molar-refractivity contribution in [3.05, 3.63) is 35.6 Å². The third-order valence-corrected chi connectivity index (χ3v) is 3.68. The molecule has 1 aromatic carbocycles. The van der Waals surface area contributed by atoms with Gasteiger partial charge in [0.25, 0.3) is 0 Å². The first-order chi connectivity index (χ1) is 8.09. The first kappa shape index (κ1) is 12.5. The highest BCUT2D eigenvalue weighted by Crippen LogP contribution is 2.56. The average Bonchev–Trinajstić information content (AvgIpc) is 2.98. The van der Waals surface area contributed by atoms with Gasteiger partial charge in [-0.1, -0.05) is 12.1 Å². The summed E-state index contributed by atoms with van der Waals surface area (Å²) in [5.74, 6) is -0.144. The number of rotatable bonds is 5. The molecule has 0 radical (unpaired) electrons. The van der Waals surface area contributed by atoms with Gasteiger partial charge in [0, 0.05) is 18.0 Å². The molecule has 0 saturated heterocycles. The minimum absolute atomic E-state index is 0.144. The van der Waals surface area contributed by atoms with E-state index in [1.807, 2.05) is 13.1 Å². The predicted molar refractivity (Wildman–Crippen MR) is 68.4 cm³/mol. The van der Waals surface area contributed by atoms with Gasteiger partial charge in [-0.2, -0.15) is 0 Å². The molecule has 2 nitrogen and oxygen atoms in total. The number of nitrogens with one attached hydrogen (secondary N) is 1. The Hall–Kier alpha value is -0.930. The zero-order chi connectivity index (χ0) is 12.5. The van der Waals surface area contributed by atoms with E-state index < -0.39 is 0 Å². The lowest BCUT2D eigenvalue weighted by molar-refractivity contribution is 0.191. The van der Waals surface area contributed by atoms with E-state index in [1.54, 1.807) is 12.1 Å². The summed E-state index contributed by atoms with van der Waals surface area (Å²) in [6, 6.07) is 7.31. The van der Waals surface area contributed by atoms with Crippen molar-refractivity contribution in [2.24, 2.45) is 5.41 Å². The van der Waals surface area contributed by atoms with Crippen molar-refractivity contribution < 1.29 is 4.39 Å². The van der Waals surface area contributed by atoms with E-state index in [4.69, 9.17) is 0 Å². The van der Waals surface area contributed by atoms with Gasteiger partial charge in [-0.15, -0.1) is 0 Å². The molecular formula is C14H21FN2. The fourth-order valence-corrected chi connectivity index (χ4v) is 2.94. The summed E-state index contributed by atoms with van der Waals surface area (Å²) in [7, 11) is 6.13. The van der Waals surface area contributed by atoms with Crippen LogP contribution in [0.2, 0.25) is 0 Å². The molecule has 0 bridgehead atoms. The minimum Gasteiger partial charge on any atom is -0.319 e. The molecule has 0 heterocycles. The molecule has 0 amide bonds. The van der Waals surface area contributed by atoms with E-state index in [0.717, 1.165) is 12.1 Å². The highest BCUT2D eigenvalue weighted by molar-refractivity contribution is 5.25. The van der Waals surface area contributed by atoms with Crippen molar-refractivity contribution in [1.29, 1.82) is 0 Å². The van der Waals surface area contributed by atoms with Gasteiger partial charge in [0.05, 0.1) is 0 Å². The Kier molecular flexibility index (Phi) is 3.50. The third-order valence-electron chi connectivity index (χ3n) is 3.68. The van der Waals surface area contributed by atoms with E-state index in [-0.39, 0.29) is 11.2 Å². The van der Waals surface area contributed by atoms with Crippen molar-refractivity contribution in [3.8, 4) is 0 Å². The second-order valence-corrected chi connectivity index (χ2v) is 5.31. The van der Waals surface area contributed by atoms with Crippen molar-refractivity contribution >= 4 is 0 Å². The summed E-state index contributed by atoms with van der Waals surface area (Å²) in [5.41, 5.74) is 1.37. The molecule has 0 spiro atoms. The molecule has 3 heteroatoms. The van der Waals surface area contributed by atoms with Crippen LogP contribution < -0.4 is 5.32 Å². The van der Waals surface area contributed by atoms with Gasteiger partial charge in [-0.05, 0) is 51.7 Å². The predicted octanol–water partition coefficient (Wildman–Crippen LogP) is 2.43. The lowest BCUT2D eigenvalue weighted by Crippen LogP contribution is -2.34. The molecule has 2 rings (SSSR count). The Labute approximate surface area is 103 Å². The van der Waals surface area contributed by atoms with Gasteiger partial charge >= 0.3 is 0 Å². The highest BCUT2D eigenvalue weighted by atomic mass is 19.1. The second-order valence-electron chi connectivity index (χ2n) is 5.31. The van der Waals surface area contributed by atoms with Crippen LogP contribution in [-0.4, -0.2) is 32.6 Å². The molecule has 0 aliphatic heterocycles. The Morgan fingerprint density at radius 3 is 2.59 bits per heavy atom. The van der Waals surface area contributed by atoms with Crippen LogP contribution in [0.1, 0.15) is 24.4 Å². The number of halogens is 1. The largest absolute Gasteiger partial charge is 0.319 e. The Morgan fingerprint density at radius 2 is 2.12 bits per heavy atom. The van der Waals surface area contributed by atoms with Crippen LogP contribution in [-0.2, 0) is 0 Å². The molecule has 1 fully saturated rings. The van der Waals surface area contributed by atoms with E-state index in [2.05, 4.69) is 24.3 Å². The fraction of sp³-hybridized carbons (Fsp3) is 0.571. The zero-order valence-electron chi connectivity index (χ0n) is 10.8. The number of hydrogen-bond acceptors (Lipinski definition) is 2. The zero-order valence-corrected chi connectivity index (χ0v) is 10.8. The summed E-state index contributed by atoms with van der Waals surface area (Å²) < 4.78 is 13.4. The van der Waals surface area contributed by atoms with Gasteiger partial charge in [0.15, 0.2) is 0 Å². The van der Waals surface area contributed by atoms with Crippen molar-refractivity contribution in [2.45, 2.75) is 18.9 Å². The van der Waals surface area contributed by atoms with Gasteiger partial charge in [0.1, 0.15) is 5.82 Å². The number of benzene rings is 1. The topological polar surface area (TPSA) is 15.3 Å². The maximum absolute atomic E-state index is 13.4. The van der Waals surface area contributed by atoms with Gasteiger partial charge < -0.3 is 10.2 Å². The average molecular weight is 236 g/mol. The van der Waals surface area contributed by atoms with Crippen LogP contribution in [0.5, 0.6) is 0 Å². The molecule has 0 aromatic heterocycles. The van der Waals surface area contributed by atoms with Crippen LogP contribution in [0.25, 0.3) is 0 Å². The molecular weight excluding hydrogens is 215 g/mol. The molecule has 1 atom stereocenters. The van der Waals surface area contributed by atoms with E-state index >= 15 is 0 Å². The maximum Gasteiger partial charge on any atom is 0.123 e. The lowest BCUT2D eigenvalue weighted by Gasteiger charge is -2.33. The molecule has 1 saturated carbocycles. The molecule has 1 aromatic rings. The third kappa shape index (κ3) is 2.50. The minimum atomic E-state index is -0.144. The number of nitrogens with zero attached hydrogens (tertiary/aromatic N) is 1. The first-order valence-electron chi connectivity index (χ1n) is 6.15. The van der Waals surface area contributed by atoms with Gasteiger partial charge in [-0.25, -0.2) is 4.39 Å². The summed E-state index contributed by atoms with van der Waals surface area (Å²) in [6.07, 6.45) is 2.43. The lowest BCUT2D eigenvalue weighted by atomic mass is 9.89. The molecule has 1 unspecified atom stereocenters. The molecule has 17 heavy (non-hydrogen) atoms. The standard InChI is InChI=1S/C14H21FN2/c1-16-10-14(7-8-14)13(17(2)3)11-5-4-6-12(15)9-11/h4-6,9,13,16H,7-8,10H2,1-3H3. The Bertz CT molecular complexity index is 386. The Balaban J connectivity index is 2.30. The molecule has 1 aliphatic carbocycles. The molecule has 1 N–H and O–H groups in total. The summed E-state index contributed by atoms with van der Waals surface area (Å²) >= 11 is 0. The van der Waals surface area contributed by atoms with E-state index in [1.165, 1.54) is 18.9 Å². The SMILES string of the molecule is CNCC1(C(c2cccc(F)c2)N(C)C)CC1. The van der Waals surface area contributed by atoms with E-state index in [9.17, 15) is 4.39 Å². The van der Waals surface area contributed by atoms with Crippen LogP contribution in [0.15, 0.2) is 24.3 Å². The molecule has 94 valence electrons. The van der Waals surface area contributed by atoms with Crippen molar-refractivity contribution in [1.82, 2.24) is 10.2 Å². The van der Waals surface area contributed by atoms with Crippen LogP contribution >= 0.6 is 0 Å².